The van der Waals surface area contributed by atoms with Gasteiger partial charge in [-0.2, -0.15) is 0 Å². The molecule has 0 N–H and O–H groups in total. The van der Waals surface area contributed by atoms with Gasteiger partial charge in [0.25, 0.3) is 0 Å². The Balaban J connectivity index is 2.11. The molecule has 2 heteroatoms. The fraction of sp³-hybridized carbons (Fsp3) is 0.0588. The third kappa shape index (κ3) is 2.60. The van der Waals surface area contributed by atoms with E-state index in [-0.39, 0.29) is 4.83 Å². The van der Waals surface area contributed by atoms with E-state index in [9.17, 15) is 0 Å². The molecule has 3 rings (SSSR count). The third-order valence-corrected chi connectivity index (χ3v) is 4.81. The van der Waals surface area contributed by atoms with E-state index in [4.69, 9.17) is 0 Å². The molecule has 19 heavy (non-hydrogen) atoms. The zero-order chi connectivity index (χ0) is 13.2. The highest BCUT2D eigenvalue weighted by Crippen LogP contribution is 2.35. The highest BCUT2D eigenvalue weighted by molar-refractivity contribution is 9.10. The molecule has 3 aromatic carbocycles. The monoisotopic (exact) mass is 374 g/mol. The maximum absolute atomic E-state index is 3.82. The molecular formula is C17H12Br2. The molecule has 0 bridgehead atoms. The molecule has 0 radical (unpaired) electrons. The van der Waals surface area contributed by atoms with Crippen LogP contribution >= 0.6 is 31.9 Å². The molecule has 0 aliphatic heterocycles. The average molecular weight is 376 g/mol. The van der Waals surface area contributed by atoms with Gasteiger partial charge in [-0.3, -0.25) is 0 Å². The largest absolute Gasteiger partial charge is 0.0786 e. The molecule has 94 valence electrons. The minimum Gasteiger partial charge on any atom is -0.0786 e. The van der Waals surface area contributed by atoms with Crippen LogP contribution in [0.4, 0.5) is 0 Å². The van der Waals surface area contributed by atoms with Gasteiger partial charge in [-0.1, -0.05) is 86.5 Å². The SMILES string of the molecule is Brc1ccc(C(Br)c2cccc3ccccc23)cc1. The molecule has 0 saturated carbocycles. The van der Waals surface area contributed by atoms with Crippen molar-refractivity contribution in [1.82, 2.24) is 0 Å². The first-order valence-electron chi connectivity index (χ1n) is 6.13. The maximum atomic E-state index is 3.82. The zero-order valence-electron chi connectivity index (χ0n) is 10.2. The molecule has 0 saturated heterocycles. The van der Waals surface area contributed by atoms with Gasteiger partial charge in [-0.25, -0.2) is 0 Å². The number of rotatable bonds is 2. The van der Waals surface area contributed by atoms with E-state index in [1.54, 1.807) is 0 Å². The predicted octanol–water partition coefficient (Wildman–Crippen LogP) is 6.09. The normalized spacial score (nSPS) is 12.5. The Labute approximate surface area is 129 Å². The molecule has 0 spiro atoms. The van der Waals surface area contributed by atoms with Gasteiger partial charge in [0.15, 0.2) is 0 Å². The molecule has 1 unspecified atom stereocenters. The van der Waals surface area contributed by atoms with Crippen molar-refractivity contribution in [3.63, 3.8) is 0 Å². The van der Waals surface area contributed by atoms with E-state index in [0.29, 0.717) is 0 Å². The number of benzene rings is 3. The van der Waals surface area contributed by atoms with Gasteiger partial charge in [0.05, 0.1) is 4.83 Å². The lowest BCUT2D eigenvalue weighted by atomic mass is 9.98. The summed E-state index contributed by atoms with van der Waals surface area (Å²) >= 11 is 7.30. The van der Waals surface area contributed by atoms with Crippen LogP contribution in [0.5, 0.6) is 0 Å². The number of hydrogen-bond donors (Lipinski definition) is 0. The standard InChI is InChI=1S/C17H12Br2/c18-14-10-8-13(9-11-14)17(19)16-7-3-5-12-4-1-2-6-15(12)16/h1-11,17H. The van der Waals surface area contributed by atoms with E-state index < -0.39 is 0 Å². The molecular weight excluding hydrogens is 364 g/mol. The summed E-state index contributed by atoms with van der Waals surface area (Å²) in [6.07, 6.45) is 0. The molecule has 3 aromatic rings. The number of hydrogen-bond acceptors (Lipinski definition) is 0. The van der Waals surface area contributed by atoms with Crippen LogP contribution in [0.25, 0.3) is 10.8 Å². The van der Waals surface area contributed by atoms with Crippen LogP contribution in [0, 0.1) is 0 Å². The van der Waals surface area contributed by atoms with Crippen LogP contribution in [0.1, 0.15) is 16.0 Å². The third-order valence-electron chi connectivity index (χ3n) is 3.26. The molecule has 0 aromatic heterocycles. The summed E-state index contributed by atoms with van der Waals surface area (Å²) in [5, 5.41) is 2.58. The number of fused-ring (bicyclic) bond motifs is 1. The second kappa shape index (κ2) is 5.48. The maximum Gasteiger partial charge on any atom is 0.0650 e. The molecule has 0 fully saturated rings. The van der Waals surface area contributed by atoms with E-state index >= 15 is 0 Å². The fourth-order valence-corrected chi connectivity index (χ4v) is 3.25. The summed E-state index contributed by atoms with van der Waals surface area (Å²) in [5.74, 6) is 0. The van der Waals surface area contributed by atoms with Gasteiger partial charge in [0.1, 0.15) is 0 Å². The van der Waals surface area contributed by atoms with Gasteiger partial charge in [0.2, 0.25) is 0 Å². The Hall–Kier alpha value is -1.12. The minimum atomic E-state index is 0.215. The van der Waals surface area contributed by atoms with Crippen LogP contribution in [0.3, 0.4) is 0 Å². The minimum absolute atomic E-state index is 0.215. The van der Waals surface area contributed by atoms with E-state index in [2.05, 4.69) is 98.6 Å². The van der Waals surface area contributed by atoms with Crippen molar-refractivity contribution >= 4 is 42.6 Å². The Bertz CT molecular complexity index is 697. The molecule has 0 nitrogen and oxygen atoms in total. The van der Waals surface area contributed by atoms with Gasteiger partial charge in [-0.05, 0) is 34.0 Å². The Kier molecular flexibility index (Phi) is 3.72. The van der Waals surface area contributed by atoms with Crippen LogP contribution in [-0.4, -0.2) is 0 Å². The summed E-state index contributed by atoms with van der Waals surface area (Å²) in [4.78, 5) is 0.215. The van der Waals surface area contributed by atoms with Crippen molar-refractivity contribution in [1.29, 1.82) is 0 Å². The number of halogens is 2. The van der Waals surface area contributed by atoms with Gasteiger partial charge in [-0.15, -0.1) is 0 Å². The first-order chi connectivity index (χ1) is 9.25. The van der Waals surface area contributed by atoms with Crippen molar-refractivity contribution < 1.29 is 0 Å². The van der Waals surface area contributed by atoms with Crippen LogP contribution in [0.15, 0.2) is 71.2 Å². The first kappa shape index (κ1) is 12.9. The van der Waals surface area contributed by atoms with E-state index in [1.807, 2.05) is 0 Å². The molecule has 0 heterocycles. The Morgan fingerprint density at radius 1 is 0.737 bits per heavy atom. The summed E-state index contributed by atoms with van der Waals surface area (Å²) in [5.41, 5.74) is 2.57. The fourth-order valence-electron chi connectivity index (χ4n) is 2.28. The average Bonchev–Trinajstić information content (AvgIpc) is 2.47. The topological polar surface area (TPSA) is 0 Å². The highest BCUT2D eigenvalue weighted by atomic mass is 79.9. The second-order valence-corrected chi connectivity index (χ2v) is 6.31. The molecule has 1 atom stereocenters. The van der Waals surface area contributed by atoms with Crippen LogP contribution < -0.4 is 0 Å². The van der Waals surface area contributed by atoms with Gasteiger partial charge in [0, 0.05) is 4.47 Å². The zero-order valence-corrected chi connectivity index (χ0v) is 13.4. The summed E-state index contributed by atoms with van der Waals surface area (Å²) in [6.45, 7) is 0. The first-order valence-corrected chi connectivity index (χ1v) is 7.84. The van der Waals surface area contributed by atoms with Crippen molar-refractivity contribution in [3.05, 3.63) is 82.3 Å². The molecule has 0 aliphatic rings. The van der Waals surface area contributed by atoms with Crippen molar-refractivity contribution in [3.8, 4) is 0 Å². The van der Waals surface area contributed by atoms with Crippen molar-refractivity contribution in [2.75, 3.05) is 0 Å². The molecule has 0 amide bonds. The summed E-state index contributed by atoms with van der Waals surface area (Å²) in [7, 11) is 0. The lowest BCUT2D eigenvalue weighted by Crippen LogP contribution is -1.93. The van der Waals surface area contributed by atoms with Crippen molar-refractivity contribution in [2.45, 2.75) is 4.83 Å². The van der Waals surface area contributed by atoms with Crippen LogP contribution in [-0.2, 0) is 0 Å². The van der Waals surface area contributed by atoms with Gasteiger partial charge < -0.3 is 0 Å². The van der Waals surface area contributed by atoms with Crippen LogP contribution in [0.2, 0.25) is 0 Å². The molecule has 0 aliphatic carbocycles. The van der Waals surface area contributed by atoms with E-state index in [0.717, 1.165) is 4.47 Å². The second-order valence-electron chi connectivity index (χ2n) is 4.48. The summed E-state index contributed by atoms with van der Waals surface area (Å²) < 4.78 is 1.11. The highest BCUT2D eigenvalue weighted by Gasteiger charge is 2.12. The predicted molar refractivity (Wildman–Crippen MR) is 88.9 cm³/mol. The lowest BCUT2D eigenvalue weighted by Gasteiger charge is -2.13. The quantitative estimate of drug-likeness (QED) is 0.475. The van der Waals surface area contributed by atoms with E-state index in [1.165, 1.54) is 21.9 Å². The summed E-state index contributed by atoms with van der Waals surface area (Å²) in [6, 6.07) is 23.4. The van der Waals surface area contributed by atoms with Crippen molar-refractivity contribution in [2.24, 2.45) is 0 Å². The van der Waals surface area contributed by atoms with Gasteiger partial charge >= 0.3 is 0 Å². The lowest BCUT2D eigenvalue weighted by molar-refractivity contribution is 1.20. The smallest absolute Gasteiger partial charge is 0.0650 e. The number of alkyl halides is 1. The Morgan fingerprint density at radius 2 is 1.42 bits per heavy atom. The Morgan fingerprint density at radius 3 is 2.21 bits per heavy atom.